The Hall–Kier alpha value is -1.87. The van der Waals surface area contributed by atoms with Crippen molar-refractivity contribution in [3.8, 4) is 11.1 Å². The Labute approximate surface area is 112 Å². The van der Waals surface area contributed by atoms with Crippen LogP contribution in [0.1, 0.15) is 16.8 Å². The van der Waals surface area contributed by atoms with Crippen LogP contribution in [0.4, 0.5) is 0 Å². The molecule has 0 radical (unpaired) electrons. The maximum Gasteiger partial charge on any atom is 0.253 e. The summed E-state index contributed by atoms with van der Waals surface area (Å²) in [6, 6.07) is 10.3. The van der Waals surface area contributed by atoms with Crippen LogP contribution < -0.4 is 5.56 Å². The predicted octanol–water partition coefficient (Wildman–Crippen LogP) is 1.69. The van der Waals surface area contributed by atoms with Crippen molar-refractivity contribution in [2.75, 3.05) is 6.61 Å². The zero-order valence-corrected chi connectivity index (χ0v) is 11.0. The summed E-state index contributed by atoms with van der Waals surface area (Å²) in [6.45, 7) is 0.00960. The summed E-state index contributed by atoms with van der Waals surface area (Å²) in [5, 5.41) is 9.09. The summed E-state index contributed by atoms with van der Waals surface area (Å²) in [5.41, 5.74) is 5.52. The van der Waals surface area contributed by atoms with E-state index in [9.17, 15) is 4.79 Å². The van der Waals surface area contributed by atoms with Crippen LogP contribution in [0.15, 0.2) is 35.1 Å². The van der Waals surface area contributed by atoms with Gasteiger partial charge in [0.25, 0.3) is 5.56 Å². The molecule has 0 saturated carbocycles. The second-order valence-electron chi connectivity index (χ2n) is 5.02. The van der Waals surface area contributed by atoms with Crippen molar-refractivity contribution < 1.29 is 5.11 Å². The first kappa shape index (κ1) is 12.2. The van der Waals surface area contributed by atoms with E-state index in [1.807, 2.05) is 19.2 Å². The minimum Gasteiger partial charge on any atom is -0.396 e. The molecular formula is C16H17NO2. The highest BCUT2D eigenvalue weighted by molar-refractivity contribution is 5.72. The molecule has 1 heterocycles. The normalized spacial score (nSPS) is 12.9. The number of benzene rings is 1. The number of hydrogen-bond acceptors (Lipinski definition) is 2. The van der Waals surface area contributed by atoms with E-state index in [2.05, 4.69) is 18.2 Å². The lowest BCUT2D eigenvalue weighted by atomic mass is 9.87. The van der Waals surface area contributed by atoms with Gasteiger partial charge in [-0.25, -0.2) is 0 Å². The molecule has 19 heavy (non-hydrogen) atoms. The fourth-order valence-electron chi connectivity index (χ4n) is 2.93. The van der Waals surface area contributed by atoms with Crippen LogP contribution >= 0.6 is 0 Å². The molecule has 98 valence electrons. The van der Waals surface area contributed by atoms with Crippen LogP contribution in [-0.2, 0) is 26.3 Å². The molecule has 3 heteroatoms. The zero-order chi connectivity index (χ0) is 13.4. The molecule has 1 aliphatic carbocycles. The fraction of sp³-hybridized carbons (Fsp3) is 0.312. The second kappa shape index (κ2) is 4.67. The van der Waals surface area contributed by atoms with E-state index in [4.69, 9.17) is 5.11 Å². The molecule has 3 nitrogen and oxygen atoms in total. The number of aromatic nitrogens is 1. The first-order valence-corrected chi connectivity index (χ1v) is 6.63. The molecular weight excluding hydrogens is 238 g/mol. The summed E-state index contributed by atoms with van der Waals surface area (Å²) in [4.78, 5) is 12.2. The third kappa shape index (κ3) is 1.90. The smallest absolute Gasteiger partial charge is 0.253 e. The maximum absolute atomic E-state index is 12.2. The quantitative estimate of drug-likeness (QED) is 0.887. The lowest BCUT2D eigenvalue weighted by molar-refractivity contribution is 0.299. The number of aryl methyl sites for hydroxylation is 1. The van der Waals surface area contributed by atoms with Crippen LogP contribution in [0.3, 0.4) is 0 Å². The molecule has 1 aromatic carbocycles. The van der Waals surface area contributed by atoms with Crippen molar-refractivity contribution in [1.82, 2.24) is 4.57 Å². The minimum atomic E-state index is 0.00960. The van der Waals surface area contributed by atoms with E-state index in [1.54, 1.807) is 4.57 Å². The van der Waals surface area contributed by atoms with Crippen molar-refractivity contribution in [3.05, 3.63) is 57.5 Å². The van der Waals surface area contributed by atoms with Crippen LogP contribution in [0.5, 0.6) is 0 Å². The molecule has 0 amide bonds. The maximum atomic E-state index is 12.2. The van der Waals surface area contributed by atoms with Crippen molar-refractivity contribution in [2.45, 2.75) is 19.3 Å². The largest absolute Gasteiger partial charge is 0.396 e. The van der Waals surface area contributed by atoms with Crippen molar-refractivity contribution >= 4 is 0 Å². The lowest BCUT2D eigenvalue weighted by Crippen LogP contribution is -2.27. The van der Waals surface area contributed by atoms with E-state index in [0.29, 0.717) is 12.0 Å². The first-order chi connectivity index (χ1) is 9.22. The standard InChI is InChI=1S/C16H17NO2/c1-17-15-7-6-11-4-2-3-5-13(11)14(15)10-12(8-9-18)16(17)19/h2-5,10,18H,6-9H2,1H3. The van der Waals surface area contributed by atoms with Gasteiger partial charge in [0.15, 0.2) is 0 Å². The summed E-state index contributed by atoms with van der Waals surface area (Å²) < 4.78 is 1.75. The zero-order valence-electron chi connectivity index (χ0n) is 11.0. The molecule has 0 fully saturated rings. The topological polar surface area (TPSA) is 42.2 Å². The van der Waals surface area contributed by atoms with Gasteiger partial charge in [0, 0.05) is 36.9 Å². The van der Waals surface area contributed by atoms with E-state index < -0.39 is 0 Å². The molecule has 0 aliphatic heterocycles. The van der Waals surface area contributed by atoms with Gasteiger partial charge in [-0.3, -0.25) is 4.79 Å². The van der Waals surface area contributed by atoms with Gasteiger partial charge in [-0.05, 0) is 30.0 Å². The number of fused-ring (bicyclic) bond motifs is 3. The highest BCUT2D eigenvalue weighted by atomic mass is 16.3. The molecule has 0 saturated heterocycles. The van der Waals surface area contributed by atoms with Gasteiger partial charge >= 0.3 is 0 Å². The summed E-state index contributed by atoms with van der Waals surface area (Å²) in [7, 11) is 1.83. The van der Waals surface area contributed by atoms with Gasteiger partial charge in [-0.15, -0.1) is 0 Å². The first-order valence-electron chi connectivity index (χ1n) is 6.63. The monoisotopic (exact) mass is 255 g/mol. The van der Waals surface area contributed by atoms with Gasteiger partial charge in [-0.1, -0.05) is 24.3 Å². The SMILES string of the molecule is Cn1c2c(cc(CCO)c1=O)-c1ccccc1CC2. The Bertz CT molecular complexity index is 686. The molecule has 1 aromatic heterocycles. The second-order valence-corrected chi connectivity index (χ2v) is 5.02. The third-order valence-corrected chi connectivity index (χ3v) is 3.93. The van der Waals surface area contributed by atoms with Crippen LogP contribution in [-0.4, -0.2) is 16.3 Å². The molecule has 2 aromatic rings. The summed E-state index contributed by atoms with van der Waals surface area (Å²) >= 11 is 0. The number of aliphatic hydroxyl groups excluding tert-OH is 1. The summed E-state index contributed by atoms with van der Waals surface area (Å²) in [6.07, 6.45) is 2.30. The average molecular weight is 255 g/mol. The van der Waals surface area contributed by atoms with E-state index >= 15 is 0 Å². The van der Waals surface area contributed by atoms with Crippen molar-refractivity contribution in [1.29, 1.82) is 0 Å². The number of hydrogen-bond donors (Lipinski definition) is 1. The Morgan fingerprint density at radius 3 is 2.79 bits per heavy atom. The van der Waals surface area contributed by atoms with Gasteiger partial charge in [0.2, 0.25) is 0 Å². The van der Waals surface area contributed by atoms with Gasteiger partial charge in [0.05, 0.1) is 0 Å². The molecule has 1 N–H and O–H groups in total. The molecule has 0 bridgehead atoms. The Morgan fingerprint density at radius 1 is 1.21 bits per heavy atom. The fourth-order valence-corrected chi connectivity index (χ4v) is 2.93. The van der Waals surface area contributed by atoms with E-state index in [0.717, 1.165) is 24.1 Å². The number of pyridine rings is 1. The minimum absolute atomic E-state index is 0.00960. The molecule has 0 unspecified atom stereocenters. The Balaban J connectivity index is 2.27. The van der Waals surface area contributed by atoms with Crippen LogP contribution in [0, 0.1) is 0 Å². The Kier molecular flexibility index (Phi) is 2.99. The molecule has 3 rings (SSSR count). The number of aliphatic hydroxyl groups is 1. The molecule has 1 aliphatic rings. The highest BCUT2D eigenvalue weighted by Crippen LogP contribution is 2.32. The highest BCUT2D eigenvalue weighted by Gasteiger charge is 2.19. The predicted molar refractivity (Wildman–Crippen MR) is 75.3 cm³/mol. The molecule has 0 atom stereocenters. The van der Waals surface area contributed by atoms with E-state index in [1.165, 1.54) is 11.1 Å². The third-order valence-electron chi connectivity index (χ3n) is 3.93. The van der Waals surface area contributed by atoms with Crippen LogP contribution in [0.2, 0.25) is 0 Å². The van der Waals surface area contributed by atoms with Gasteiger partial charge in [-0.2, -0.15) is 0 Å². The van der Waals surface area contributed by atoms with Gasteiger partial charge < -0.3 is 9.67 Å². The van der Waals surface area contributed by atoms with Crippen molar-refractivity contribution in [2.24, 2.45) is 7.05 Å². The van der Waals surface area contributed by atoms with E-state index in [-0.39, 0.29) is 12.2 Å². The van der Waals surface area contributed by atoms with Gasteiger partial charge in [0.1, 0.15) is 0 Å². The average Bonchev–Trinajstić information content (AvgIpc) is 2.44. The lowest BCUT2D eigenvalue weighted by Gasteiger charge is -2.23. The van der Waals surface area contributed by atoms with Crippen LogP contribution in [0.25, 0.3) is 11.1 Å². The number of rotatable bonds is 2. The Morgan fingerprint density at radius 2 is 2.00 bits per heavy atom. The number of nitrogens with zero attached hydrogens (tertiary/aromatic N) is 1. The van der Waals surface area contributed by atoms with Crippen molar-refractivity contribution in [3.63, 3.8) is 0 Å². The summed E-state index contributed by atoms with van der Waals surface area (Å²) in [5.74, 6) is 0. The molecule has 0 spiro atoms.